The molecule has 19 heavy (non-hydrogen) atoms. The van der Waals surface area contributed by atoms with Gasteiger partial charge in [0.15, 0.2) is 0 Å². The van der Waals surface area contributed by atoms with Crippen molar-refractivity contribution in [2.45, 2.75) is 32.7 Å². The number of hydrogen-bond donors (Lipinski definition) is 1. The van der Waals surface area contributed by atoms with Crippen molar-refractivity contribution < 1.29 is 4.39 Å². The van der Waals surface area contributed by atoms with Crippen LogP contribution < -0.4 is 5.73 Å². The maximum atomic E-state index is 13.0. The van der Waals surface area contributed by atoms with Crippen LogP contribution in [-0.4, -0.2) is 24.5 Å². The summed E-state index contributed by atoms with van der Waals surface area (Å²) in [6, 6.07) is 7.34. The van der Waals surface area contributed by atoms with Gasteiger partial charge in [-0.15, -0.1) is 0 Å². The standard InChI is InChI=1S/C16H25FN2/c1-3-16(13-4-6-15(17)7-5-13)19-9-8-12(2)14(10-18)11-19/h4-7,12,14,16H,3,8-11,18H2,1-2H3. The number of benzene rings is 1. The highest BCUT2D eigenvalue weighted by atomic mass is 19.1. The van der Waals surface area contributed by atoms with Crippen molar-refractivity contribution in [2.24, 2.45) is 17.6 Å². The molecule has 106 valence electrons. The highest BCUT2D eigenvalue weighted by molar-refractivity contribution is 5.20. The Kier molecular flexibility index (Phi) is 4.94. The molecule has 1 aliphatic heterocycles. The smallest absolute Gasteiger partial charge is 0.123 e. The van der Waals surface area contributed by atoms with E-state index in [0.29, 0.717) is 17.9 Å². The second-order valence-electron chi connectivity index (χ2n) is 5.73. The molecular weight excluding hydrogens is 239 g/mol. The summed E-state index contributed by atoms with van der Waals surface area (Å²) in [5.41, 5.74) is 7.10. The van der Waals surface area contributed by atoms with Crippen LogP contribution in [0.5, 0.6) is 0 Å². The molecule has 0 amide bonds. The van der Waals surface area contributed by atoms with Gasteiger partial charge in [0, 0.05) is 12.6 Å². The Bertz CT molecular complexity index is 390. The van der Waals surface area contributed by atoms with Crippen LogP contribution in [0.2, 0.25) is 0 Å². The quantitative estimate of drug-likeness (QED) is 0.905. The minimum Gasteiger partial charge on any atom is -0.330 e. The summed E-state index contributed by atoms with van der Waals surface area (Å²) in [7, 11) is 0. The van der Waals surface area contributed by atoms with Gasteiger partial charge in [0.2, 0.25) is 0 Å². The van der Waals surface area contributed by atoms with Gasteiger partial charge in [0.05, 0.1) is 0 Å². The van der Waals surface area contributed by atoms with E-state index in [0.717, 1.165) is 26.1 Å². The van der Waals surface area contributed by atoms with E-state index in [9.17, 15) is 4.39 Å². The summed E-state index contributed by atoms with van der Waals surface area (Å²) in [4.78, 5) is 2.52. The Morgan fingerprint density at radius 1 is 1.37 bits per heavy atom. The topological polar surface area (TPSA) is 29.3 Å². The Morgan fingerprint density at radius 2 is 2.05 bits per heavy atom. The zero-order valence-corrected chi connectivity index (χ0v) is 12.0. The number of hydrogen-bond acceptors (Lipinski definition) is 2. The average molecular weight is 264 g/mol. The summed E-state index contributed by atoms with van der Waals surface area (Å²) in [6.45, 7) is 7.44. The summed E-state index contributed by atoms with van der Waals surface area (Å²) in [5.74, 6) is 1.14. The van der Waals surface area contributed by atoms with Crippen LogP contribution in [0.25, 0.3) is 0 Å². The first kappa shape index (κ1) is 14.5. The van der Waals surface area contributed by atoms with Gasteiger partial charge < -0.3 is 5.73 Å². The molecule has 0 radical (unpaired) electrons. The molecule has 3 atom stereocenters. The molecule has 0 spiro atoms. The van der Waals surface area contributed by atoms with Gasteiger partial charge in [-0.05, 0) is 55.5 Å². The largest absolute Gasteiger partial charge is 0.330 e. The number of likely N-dealkylation sites (tertiary alicyclic amines) is 1. The second-order valence-corrected chi connectivity index (χ2v) is 5.73. The number of nitrogens with two attached hydrogens (primary N) is 1. The summed E-state index contributed by atoms with van der Waals surface area (Å²) in [5, 5.41) is 0. The van der Waals surface area contributed by atoms with Gasteiger partial charge in [0.25, 0.3) is 0 Å². The van der Waals surface area contributed by atoms with Gasteiger partial charge in [-0.3, -0.25) is 4.90 Å². The summed E-state index contributed by atoms with van der Waals surface area (Å²) >= 11 is 0. The molecule has 1 saturated heterocycles. The fourth-order valence-corrected chi connectivity index (χ4v) is 3.16. The van der Waals surface area contributed by atoms with E-state index in [1.807, 2.05) is 12.1 Å². The van der Waals surface area contributed by atoms with Gasteiger partial charge in [-0.25, -0.2) is 4.39 Å². The first-order valence-corrected chi connectivity index (χ1v) is 7.35. The fourth-order valence-electron chi connectivity index (χ4n) is 3.16. The molecule has 1 heterocycles. The molecule has 1 fully saturated rings. The number of nitrogens with zero attached hydrogens (tertiary/aromatic N) is 1. The van der Waals surface area contributed by atoms with Crippen LogP contribution >= 0.6 is 0 Å². The van der Waals surface area contributed by atoms with Crippen molar-refractivity contribution in [3.8, 4) is 0 Å². The fraction of sp³-hybridized carbons (Fsp3) is 0.625. The van der Waals surface area contributed by atoms with Crippen LogP contribution in [0.15, 0.2) is 24.3 Å². The van der Waals surface area contributed by atoms with Crippen molar-refractivity contribution in [1.29, 1.82) is 0 Å². The van der Waals surface area contributed by atoms with Crippen molar-refractivity contribution in [1.82, 2.24) is 4.90 Å². The van der Waals surface area contributed by atoms with Crippen molar-refractivity contribution in [3.05, 3.63) is 35.6 Å². The lowest BCUT2D eigenvalue weighted by Crippen LogP contribution is -2.44. The van der Waals surface area contributed by atoms with Crippen LogP contribution in [0.1, 0.15) is 38.3 Å². The molecule has 2 rings (SSSR count). The summed E-state index contributed by atoms with van der Waals surface area (Å²) < 4.78 is 13.0. The predicted molar refractivity (Wildman–Crippen MR) is 77.3 cm³/mol. The maximum absolute atomic E-state index is 13.0. The first-order valence-electron chi connectivity index (χ1n) is 7.35. The molecule has 0 aromatic heterocycles. The molecule has 2 nitrogen and oxygen atoms in total. The lowest BCUT2D eigenvalue weighted by atomic mass is 9.85. The lowest BCUT2D eigenvalue weighted by Gasteiger charge is -2.41. The highest BCUT2D eigenvalue weighted by Crippen LogP contribution is 2.31. The van der Waals surface area contributed by atoms with Crippen molar-refractivity contribution in [2.75, 3.05) is 19.6 Å². The van der Waals surface area contributed by atoms with E-state index in [4.69, 9.17) is 5.73 Å². The summed E-state index contributed by atoms with van der Waals surface area (Å²) in [6.07, 6.45) is 2.26. The Morgan fingerprint density at radius 3 is 2.63 bits per heavy atom. The minimum atomic E-state index is -0.161. The Labute approximate surface area is 115 Å². The van der Waals surface area contributed by atoms with Crippen LogP contribution in [0.4, 0.5) is 4.39 Å². The van der Waals surface area contributed by atoms with Gasteiger partial charge in [-0.1, -0.05) is 26.0 Å². The zero-order valence-electron chi connectivity index (χ0n) is 12.0. The maximum Gasteiger partial charge on any atom is 0.123 e. The normalized spacial score (nSPS) is 26.3. The predicted octanol–water partition coefficient (Wildman–Crippen LogP) is 3.19. The molecular formula is C16H25FN2. The third-order valence-electron chi connectivity index (χ3n) is 4.53. The second kappa shape index (κ2) is 6.49. The van der Waals surface area contributed by atoms with Crippen LogP contribution in [-0.2, 0) is 0 Å². The van der Waals surface area contributed by atoms with E-state index in [1.165, 1.54) is 12.0 Å². The highest BCUT2D eigenvalue weighted by Gasteiger charge is 2.29. The third-order valence-corrected chi connectivity index (χ3v) is 4.53. The molecule has 0 saturated carbocycles. The van der Waals surface area contributed by atoms with Gasteiger partial charge in [0.1, 0.15) is 5.82 Å². The van der Waals surface area contributed by atoms with Gasteiger partial charge >= 0.3 is 0 Å². The van der Waals surface area contributed by atoms with Crippen molar-refractivity contribution in [3.63, 3.8) is 0 Å². The van der Waals surface area contributed by atoms with E-state index >= 15 is 0 Å². The van der Waals surface area contributed by atoms with Crippen LogP contribution in [0.3, 0.4) is 0 Å². The van der Waals surface area contributed by atoms with Crippen LogP contribution in [0, 0.1) is 17.7 Å². The van der Waals surface area contributed by atoms with E-state index in [1.54, 1.807) is 12.1 Å². The van der Waals surface area contributed by atoms with E-state index in [2.05, 4.69) is 18.7 Å². The van der Waals surface area contributed by atoms with E-state index < -0.39 is 0 Å². The molecule has 1 aromatic carbocycles. The number of rotatable bonds is 4. The minimum absolute atomic E-state index is 0.161. The lowest BCUT2D eigenvalue weighted by molar-refractivity contribution is 0.0885. The first-order chi connectivity index (χ1) is 9.15. The molecule has 0 bridgehead atoms. The molecule has 2 N–H and O–H groups in total. The average Bonchev–Trinajstić information content (AvgIpc) is 2.43. The van der Waals surface area contributed by atoms with Gasteiger partial charge in [-0.2, -0.15) is 0 Å². The zero-order chi connectivity index (χ0) is 13.8. The molecule has 3 heteroatoms. The molecule has 1 aromatic rings. The molecule has 0 aliphatic carbocycles. The Hall–Kier alpha value is -0.930. The molecule has 3 unspecified atom stereocenters. The molecule has 1 aliphatic rings. The number of halogens is 1. The Balaban J connectivity index is 2.11. The third kappa shape index (κ3) is 3.34. The van der Waals surface area contributed by atoms with E-state index in [-0.39, 0.29) is 5.82 Å². The van der Waals surface area contributed by atoms with Crippen molar-refractivity contribution >= 4 is 0 Å². The SMILES string of the molecule is CCC(c1ccc(F)cc1)N1CCC(C)C(CN)C1. The number of piperidine rings is 1. The monoisotopic (exact) mass is 264 g/mol.